The molecule has 0 saturated carbocycles. The number of amides is 1. The van der Waals surface area contributed by atoms with E-state index < -0.39 is 0 Å². The first-order valence-electron chi connectivity index (χ1n) is 3.91. The normalized spacial score (nSPS) is 9.71. The number of nitrogens with two attached hydrogens (primary N) is 1. The second kappa shape index (κ2) is 4.26. The van der Waals surface area contributed by atoms with Crippen LogP contribution in [0.15, 0.2) is 12.1 Å². The Morgan fingerprint density at radius 2 is 2.21 bits per heavy atom. The van der Waals surface area contributed by atoms with Gasteiger partial charge in [-0.1, -0.05) is 11.6 Å². The molecule has 0 unspecified atom stereocenters. The van der Waals surface area contributed by atoms with Crippen LogP contribution in [0.3, 0.4) is 0 Å². The van der Waals surface area contributed by atoms with Crippen LogP contribution < -0.4 is 11.3 Å². The van der Waals surface area contributed by atoms with E-state index in [4.69, 9.17) is 17.4 Å². The van der Waals surface area contributed by atoms with E-state index in [0.717, 1.165) is 0 Å². The fraction of sp³-hybridized carbons (Fsp3) is 0.250. The van der Waals surface area contributed by atoms with Crippen LogP contribution in [0.2, 0.25) is 5.02 Å². The largest absolute Gasteiger partial charge is 0.343 e. The zero-order valence-corrected chi connectivity index (χ0v) is 8.67. The molecule has 5 nitrogen and oxygen atoms in total. The van der Waals surface area contributed by atoms with Gasteiger partial charge in [-0.2, -0.15) is 0 Å². The molecule has 0 bridgehead atoms. The van der Waals surface area contributed by atoms with Gasteiger partial charge in [0.15, 0.2) is 0 Å². The fourth-order valence-corrected chi connectivity index (χ4v) is 1.07. The molecule has 0 aliphatic heterocycles. The van der Waals surface area contributed by atoms with Crippen LogP contribution in [0.1, 0.15) is 10.5 Å². The first-order chi connectivity index (χ1) is 6.56. The maximum absolute atomic E-state index is 11.5. The van der Waals surface area contributed by atoms with E-state index in [0.29, 0.717) is 10.8 Å². The molecule has 1 aromatic heterocycles. The summed E-state index contributed by atoms with van der Waals surface area (Å²) < 4.78 is 0. The number of nitrogens with one attached hydrogen (secondary N) is 1. The zero-order valence-electron chi connectivity index (χ0n) is 7.91. The average molecular weight is 215 g/mol. The van der Waals surface area contributed by atoms with Crippen molar-refractivity contribution in [3.8, 4) is 0 Å². The zero-order chi connectivity index (χ0) is 10.7. The Labute approximate surface area is 86.8 Å². The summed E-state index contributed by atoms with van der Waals surface area (Å²) in [5, 5.41) is 0.308. The topological polar surface area (TPSA) is 71.2 Å². The predicted molar refractivity (Wildman–Crippen MR) is 55.1 cm³/mol. The molecule has 0 aromatic carbocycles. The summed E-state index contributed by atoms with van der Waals surface area (Å²) in [5.74, 6) is 5.31. The number of aromatic nitrogens is 1. The lowest BCUT2D eigenvalue weighted by Crippen LogP contribution is -2.23. The Morgan fingerprint density at radius 1 is 1.57 bits per heavy atom. The lowest BCUT2D eigenvalue weighted by atomic mass is 10.3. The maximum atomic E-state index is 11.5. The lowest BCUT2D eigenvalue weighted by molar-refractivity contribution is 0.0822. The number of hydrogen-bond donors (Lipinski definition) is 2. The van der Waals surface area contributed by atoms with E-state index in [2.05, 4.69) is 10.4 Å². The van der Waals surface area contributed by atoms with Gasteiger partial charge < -0.3 is 10.3 Å². The van der Waals surface area contributed by atoms with Crippen molar-refractivity contribution in [1.82, 2.24) is 9.88 Å². The second-order valence-electron chi connectivity index (χ2n) is 2.87. The quantitative estimate of drug-likeness (QED) is 0.562. The number of nitrogen functional groups attached to an aromatic ring is 1. The van der Waals surface area contributed by atoms with E-state index in [1.54, 1.807) is 26.2 Å². The van der Waals surface area contributed by atoms with Crippen molar-refractivity contribution in [2.24, 2.45) is 5.84 Å². The smallest absolute Gasteiger partial charge is 0.273 e. The maximum Gasteiger partial charge on any atom is 0.273 e. The summed E-state index contributed by atoms with van der Waals surface area (Å²) >= 11 is 5.81. The minimum absolute atomic E-state index is 0.187. The van der Waals surface area contributed by atoms with E-state index in [1.165, 1.54) is 4.90 Å². The summed E-state index contributed by atoms with van der Waals surface area (Å²) in [7, 11) is 3.26. The molecule has 1 heterocycles. The van der Waals surface area contributed by atoms with E-state index in [1.807, 2.05) is 0 Å². The minimum atomic E-state index is -0.257. The number of pyridine rings is 1. The summed E-state index contributed by atoms with van der Waals surface area (Å²) in [6.45, 7) is 0. The molecular weight excluding hydrogens is 204 g/mol. The van der Waals surface area contributed by atoms with Crippen molar-refractivity contribution in [1.29, 1.82) is 0 Å². The first-order valence-corrected chi connectivity index (χ1v) is 4.29. The number of halogens is 1. The number of hydrogen-bond acceptors (Lipinski definition) is 4. The van der Waals surface area contributed by atoms with Gasteiger partial charge in [0.05, 0.1) is 5.02 Å². The standard InChI is InChI=1S/C8H11ClN4O/c1-13(2)8(14)7-5(9)3-4-6(11-7)12-10/h3-4H,10H2,1-2H3,(H,11,12). The molecule has 0 saturated heterocycles. The van der Waals surface area contributed by atoms with Crippen molar-refractivity contribution in [3.05, 3.63) is 22.8 Å². The molecule has 6 heteroatoms. The summed E-state index contributed by atoms with van der Waals surface area (Å²) in [6, 6.07) is 3.16. The summed E-state index contributed by atoms with van der Waals surface area (Å²) in [6.07, 6.45) is 0. The number of carbonyl (C=O) groups is 1. The highest BCUT2D eigenvalue weighted by atomic mass is 35.5. The van der Waals surface area contributed by atoms with Gasteiger partial charge in [-0.05, 0) is 12.1 Å². The molecular formula is C8H11ClN4O. The number of anilines is 1. The first kappa shape index (κ1) is 10.7. The van der Waals surface area contributed by atoms with Crippen molar-refractivity contribution >= 4 is 23.3 Å². The molecule has 14 heavy (non-hydrogen) atoms. The molecule has 3 N–H and O–H groups in total. The average Bonchev–Trinajstić information content (AvgIpc) is 2.17. The van der Waals surface area contributed by atoms with Gasteiger partial charge in [0, 0.05) is 14.1 Å². The van der Waals surface area contributed by atoms with Crippen LogP contribution in [-0.4, -0.2) is 29.9 Å². The van der Waals surface area contributed by atoms with Crippen LogP contribution >= 0.6 is 11.6 Å². The van der Waals surface area contributed by atoms with Crippen molar-refractivity contribution < 1.29 is 4.79 Å². The molecule has 1 rings (SSSR count). The fourth-order valence-electron chi connectivity index (χ4n) is 0.884. The Kier molecular flexibility index (Phi) is 3.27. The Balaban J connectivity index is 3.12. The van der Waals surface area contributed by atoms with E-state index >= 15 is 0 Å². The molecule has 0 radical (unpaired) electrons. The molecule has 0 spiro atoms. The van der Waals surface area contributed by atoms with Crippen LogP contribution in [0.25, 0.3) is 0 Å². The minimum Gasteiger partial charge on any atom is -0.343 e. The molecule has 0 aliphatic carbocycles. The third kappa shape index (κ3) is 2.12. The lowest BCUT2D eigenvalue weighted by Gasteiger charge is -2.11. The number of nitrogens with zero attached hydrogens (tertiary/aromatic N) is 2. The van der Waals surface area contributed by atoms with Crippen molar-refractivity contribution in [2.75, 3.05) is 19.5 Å². The van der Waals surface area contributed by atoms with E-state index in [9.17, 15) is 4.79 Å². The molecule has 76 valence electrons. The van der Waals surface area contributed by atoms with Gasteiger partial charge in [-0.25, -0.2) is 10.8 Å². The highest BCUT2D eigenvalue weighted by Gasteiger charge is 2.14. The van der Waals surface area contributed by atoms with Gasteiger partial charge in [0.2, 0.25) is 0 Å². The van der Waals surface area contributed by atoms with Crippen LogP contribution in [-0.2, 0) is 0 Å². The Bertz CT molecular complexity index is 353. The second-order valence-corrected chi connectivity index (χ2v) is 3.28. The molecule has 0 atom stereocenters. The number of hydrazine groups is 1. The third-order valence-corrected chi connectivity index (χ3v) is 1.91. The summed E-state index contributed by atoms with van der Waals surface area (Å²) in [5.41, 5.74) is 2.54. The molecule has 0 aliphatic rings. The van der Waals surface area contributed by atoms with Crippen molar-refractivity contribution in [3.63, 3.8) is 0 Å². The van der Waals surface area contributed by atoms with Crippen molar-refractivity contribution in [2.45, 2.75) is 0 Å². The van der Waals surface area contributed by atoms with Crippen LogP contribution in [0, 0.1) is 0 Å². The van der Waals surface area contributed by atoms with Crippen LogP contribution in [0.5, 0.6) is 0 Å². The van der Waals surface area contributed by atoms with Gasteiger partial charge in [0.25, 0.3) is 5.91 Å². The van der Waals surface area contributed by atoms with Gasteiger partial charge in [-0.3, -0.25) is 4.79 Å². The van der Waals surface area contributed by atoms with E-state index in [-0.39, 0.29) is 11.6 Å². The monoisotopic (exact) mass is 214 g/mol. The summed E-state index contributed by atoms with van der Waals surface area (Å²) in [4.78, 5) is 16.9. The predicted octanol–water partition coefficient (Wildman–Crippen LogP) is 0.722. The SMILES string of the molecule is CN(C)C(=O)c1nc(NN)ccc1Cl. The highest BCUT2D eigenvalue weighted by Crippen LogP contribution is 2.17. The third-order valence-electron chi connectivity index (χ3n) is 1.60. The Hall–Kier alpha value is -1.33. The van der Waals surface area contributed by atoms with Gasteiger partial charge >= 0.3 is 0 Å². The molecule has 1 aromatic rings. The van der Waals surface area contributed by atoms with Gasteiger partial charge in [-0.15, -0.1) is 0 Å². The van der Waals surface area contributed by atoms with Crippen LogP contribution in [0.4, 0.5) is 5.82 Å². The highest BCUT2D eigenvalue weighted by molar-refractivity contribution is 6.33. The number of carbonyl (C=O) groups excluding carboxylic acids is 1. The number of rotatable bonds is 2. The molecule has 0 fully saturated rings. The molecule has 1 amide bonds. The Morgan fingerprint density at radius 3 is 2.71 bits per heavy atom. The van der Waals surface area contributed by atoms with Gasteiger partial charge in [0.1, 0.15) is 11.5 Å².